The number of aliphatic carboxylic acids is 1. The molecule has 0 heterocycles. The van der Waals surface area contributed by atoms with Crippen LogP contribution >= 0.6 is 15.9 Å². The van der Waals surface area contributed by atoms with Crippen molar-refractivity contribution < 1.29 is 14.7 Å². The van der Waals surface area contributed by atoms with Crippen molar-refractivity contribution in [1.29, 1.82) is 5.26 Å². The first-order chi connectivity index (χ1) is 9.83. The first-order valence-electron chi connectivity index (χ1n) is 6.33. The number of carbonyl (C=O) groups excluding carboxylic acids is 1. The number of halogens is 1. The Morgan fingerprint density at radius 2 is 2.10 bits per heavy atom. The lowest BCUT2D eigenvalue weighted by Gasteiger charge is -2.17. The lowest BCUT2D eigenvalue weighted by molar-refractivity contribution is -0.139. The second-order valence-corrected chi connectivity index (χ2v) is 5.78. The summed E-state index contributed by atoms with van der Waals surface area (Å²) in [5.41, 5.74) is 0.913. The topological polar surface area (TPSA) is 102 Å². The fraction of sp³-hybridized carbons (Fsp3) is 0.357. The molecular weight excluding hydrogens is 338 g/mol. The highest BCUT2D eigenvalue weighted by Gasteiger charge is 2.21. The van der Waals surface area contributed by atoms with E-state index >= 15 is 0 Å². The molecular formula is C14H16BrN3O3. The van der Waals surface area contributed by atoms with Crippen LogP contribution in [0, 0.1) is 17.2 Å². The van der Waals surface area contributed by atoms with E-state index in [0.717, 1.165) is 0 Å². The summed E-state index contributed by atoms with van der Waals surface area (Å²) in [5.74, 6) is -0.925. The van der Waals surface area contributed by atoms with Crippen LogP contribution in [0.15, 0.2) is 22.7 Å². The molecule has 3 N–H and O–H groups in total. The molecule has 21 heavy (non-hydrogen) atoms. The third-order valence-corrected chi connectivity index (χ3v) is 3.31. The number of hydrogen-bond donors (Lipinski definition) is 3. The molecule has 6 nitrogen and oxygen atoms in total. The first kappa shape index (κ1) is 17.0. The zero-order chi connectivity index (χ0) is 16.0. The summed E-state index contributed by atoms with van der Waals surface area (Å²) >= 11 is 3.24. The summed E-state index contributed by atoms with van der Waals surface area (Å²) in [6, 6.07) is 5.13. The largest absolute Gasteiger partial charge is 0.480 e. The van der Waals surface area contributed by atoms with E-state index in [9.17, 15) is 9.59 Å². The summed E-state index contributed by atoms with van der Waals surface area (Å²) in [6.07, 6.45) is 0.345. The SMILES string of the molecule is CC(C)CC(NC(=O)Nc1ccc(C#N)cc1Br)C(=O)O. The fourth-order valence-electron chi connectivity index (χ4n) is 1.70. The van der Waals surface area contributed by atoms with Crippen molar-refractivity contribution >= 4 is 33.6 Å². The number of carboxylic acids is 1. The Hall–Kier alpha value is -2.07. The average molecular weight is 354 g/mol. The van der Waals surface area contributed by atoms with Crippen LogP contribution in [0.5, 0.6) is 0 Å². The maximum Gasteiger partial charge on any atom is 0.326 e. The van der Waals surface area contributed by atoms with Crippen molar-refractivity contribution in [3.63, 3.8) is 0 Å². The molecule has 0 saturated heterocycles. The minimum Gasteiger partial charge on any atom is -0.480 e. The molecule has 0 aromatic heterocycles. The monoisotopic (exact) mass is 353 g/mol. The Kier molecular flexibility index (Phi) is 6.18. The van der Waals surface area contributed by atoms with Gasteiger partial charge in [0.15, 0.2) is 0 Å². The predicted octanol–water partition coefficient (Wildman–Crippen LogP) is 2.94. The molecule has 0 aliphatic heterocycles. The molecule has 1 aromatic rings. The maximum absolute atomic E-state index is 11.8. The van der Waals surface area contributed by atoms with Gasteiger partial charge in [0, 0.05) is 4.47 Å². The van der Waals surface area contributed by atoms with Gasteiger partial charge in [-0.3, -0.25) is 0 Å². The van der Waals surface area contributed by atoms with Crippen LogP contribution < -0.4 is 10.6 Å². The van der Waals surface area contributed by atoms with Crippen LogP contribution in [0.3, 0.4) is 0 Å². The Morgan fingerprint density at radius 1 is 1.43 bits per heavy atom. The van der Waals surface area contributed by atoms with Crippen LogP contribution in [0.2, 0.25) is 0 Å². The Bertz CT molecular complexity index is 581. The van der Waals surface area contributed by atoms with E-state index in [2.05, 4.69) is 26.6 Å². The minimum absolute atomic E-state index is 0.146. The summed E-state index contributed by atoms with van der Waals surface area (Å²) in [4.78, 5) is 22.9. The van der Waals surface area contributed by atoms with Crippen LogP contribution in [-0.4, -0.2) is 23.1 Å². The molecule has 0 saturated carbocycles. The van der Waals surface area contributed by atoms with E-state index in [1.54, 1.807) is 18.2 Å². The van der Waals surface area contributed by atoms with Crippen molar-refractivity contribution in [3.8, 4) is 6.07 Å². The third kappa shape index (κ3) is 5.44. The normalized spacial score (nSPS) is 11.6. The van der Waals surface area contributed by atoms with Crippen LogP contribution in [0.1, 0.15) is 25.8 Å². The molecule has 7 heteroatoms. The van der Waals surface area contributed by atoms with Gasteiger partial charge in [-0.05, 0) is 46.5 Å². The molecule has 0 fully saturated rings. The van der Waals surface area contributed by atoms with Crippen LogP contribution in [0.25, 0.3) is 0 Å². The number of urea groups is 1. The van der Waals surface area contributed by atoms with Gasteiger partial charge in [-0.15, -0.1) is 0 Å². The summed E-state index contributed by atoms with van der Waals surface area (Å²) < 4.78 is 0.549. The number of benzene rings is 1. The highest BCUT2D eigenvalue weighted by Crippen LogP contribution is 2.23. The summed E-state index contributed by atoms with van der Waals surface area (Å²) in [7, 11) is 0. The van der Waals surface area contributed by atoms with Crippen LogP contribution in [-0.2, 0) is 4.79 Å². The smallest absolute Gasteiger partial charge is 0.326 e. The molecule has 1 aromatic carbocycles. The molecule has 2 amide bonds. The molecule has 112 valence electrons. The third-order valence-electron chi connectivity index (χ3n) is 2.66. The molecule has 0 aliphatic rings. The lowest BCUT2D eigenvalue weighted by atomic mass is 10.0. The van der Waals surface area contributed by atoms with Crippen molar-refractivity contribution in [2.24, 2.45) is 5.92 Å². The summed E-state index contributed by atoms with van der Waals surface area (Å²) in [5, 5.41) is 22.8. The second kappa shape index (κ2) is 7.64. The zero-order valence-corrected chi connectivity index (χ0v) is 13.3. The molecule has 1 unspecified atom stereocenters. The Labute approximate surface area is 131 Å². The highest BCUT2D eigenvalue weighted by atomic mass is 79.9. The number of nitrogens with zero attached hydrogens (tertiary/aromatic N) is 1. The maximum atomic E-state index is 11.8. The van der Waals surface area contributed by atoms with Gasteiger partial charge in [-0.2, -0.15) is 5.26 Å². The predicted molar refractivity (Wildman–Crippen MR) is 81.9 cm³/mol. The second-order valence-electron chi connectivity index (χ2n) is 4.93. The lowest BCUT2D eigenvalue weighted by Crippen LogP contribution is -2.43. The Balaban J connectivity index is 2.72. The average Bonchev–Trinajstić information content (AvgIpc) is 2.39. The van der Waals surface area contributed by atoms with Gasteiger partial charge < -0.3 is 15.7 Å². The van der Waals surface area contributed by atoms with E-state index in [-0.39, 0.29) is 5.92 Å². The van der Waals surface area contributed by atoms with Gasteiger partial charge in [-0.1, -0.05) is 13.8 Å². The van der Waals surface area contributed by atoms with Gasteiger partial charge in [-0.25, -0.2) is 9.59 Å². The van der Waals surface area contributed by atoms with Crippen molar-refractivity contribution in [1.82, 2.24) is 5.32 Å². The number of nitriles is 1. The number of rotatable bonds is 5. The number of carboxylic acid groups (broad SMARTS) is 1. The first-order valence-corrected chi connectivity index (χ1v) is 7.12. The number of amides is 2. The molecule has 0 radical (unpaired) electrons. The van der Waals surface area contributed by atoms with Crippen molar-refractivity contribution in [2.45, 2.75) is 26.3 Å². The van der Waals surface area contributed by atoms with Gasteiger partial charge in [0.2, 0.25) is 0 Å². The highest BCUT2D eigenvalue weighted by molar-refractivity contribution is 9.10. The van der Waals surface area contributed by atoms with Crippen molar-refractivity contribution in [3.05, 3.63) is 28.2 Å². The van der Waals surface area contributed by atoms with Gasteiger partial charge in [0.05, 0.1) is 17.3 Å². The van der Waals surface area contributed by atoms with Gasteiger partial charge >= 0.3 is 12.0 Å². The molecule has 0 spiro atoms. The summed E-state index contributed by atoms with van der Waals surface area (Å²) in [6.45, 7) is 3.76. The van der Waals surface area contributed by atoms with E-state index in [4.69, 9.17) is 10.4 Å². The van der Waals surface area contributed by atoms with E-state index in [1.807, 2.05) is 19.9 Å². The molecule has 0 aliphatic carbocycles. The molecule has 1 atom stereocenters. The number of nitrogens with one attached hydrogen (secondary N) is 2. The fourth-order valence-corrected chi connectivity index (χ4v) is 2.17. The quantitative estimate of drug-likeness (QED) is 0.756. The molecule has 0 bridgehead atoms. The van der Waals surface area contributed by atoms with E-state index in [0.29, 0.717) is 22.1 Å². The minimum atomic E-state index is -1.07. The number of hydrogen-bond acceptors (Lipinski definition) is 3. The zero-order valence-electron chi connectivity index (χ0n) is 11.7. The number of anilines is 1. The van der Waals surface area contributed by atoms with Gasteiger partial charge in [0.25, 0.3) is 0 Å². The van der Waals surface area contributed by atoms with Crippen LogP contribution in [0.4, 0.5) is 10.5 Å². The number of carbonyl (C=O) groups is 2. The molecule has 1 rings (SSSR count). The van der Waals surface area contributed by atoms with E-state index in [1.165, 1.54) is 0 Å². The van der Waals surface area contributed by atoms with Crippen molar-refractivity contribution in [2.75, 3.05) is 5.32 Å². The van der Waals surface area contributed by atoms with Gasteiger partial charge in [0.1, 0.15) is 6.04 Å². The standard InChI is InChI=1S/C14H16BrN3O3/c1-8(2)5-12(13(19)20)18-14(21)17-11-4-3-9(7-16)6-10(11)15/h3-4,6,8,12H,5H2,1-2H3,(H,19,20)(H2,17,18,21). The Morgan fingerprint density at radius 3 is 2.57 bits per heavy atom. The van der Waals surface area contributed by atoms with E-state index < -0.39 is 18.0 Å².